The summed E-state index contributed by atoms with van der Waals surface area (Å²) < 4.78 is 27.2. The van der Waals surface area contributed by atoms with Crippen LogP contribution in [0.1, 0.15) is 12.5 Å². The molecule has 1 aromatic carbocycles. The molecular formula is C13H18Cl2N2O2S2. The molecule has 8 heteroatoms. The number of nitrogens with zero attached hydrogens (tertiary/aromatic N) is 1. The van der Waals surface area contributed by atoms with Gasteiger partial charge in [0.2, 0.25) is 10.0 Å². The third-order valence-electron chi connectivity index (χ3n) is 3.40. The molecule has 0 saturated carbocycles. The van der Waals surface area contributed by atoms with E-state index in [2.05, 4.69) is 5.32 Å². The second-order valence-corrected chi connectivity index (χ2v) is 8.70. The van der Waals surface area contributed by atoms with Crippen LogP contribution in [0.4, 0.5) is 0 Å². The van der Waals surface area contributed by atoms with E-state index in [1.165, 1.54) is 10.4 Å². The molecule has 0 aliphatic carbocycles. The summed E-state index contributed by atoms with van der Waals surface area (Å²) in [5, 5.41) is 3.63. The van der Waals surface area contributed by atoms with Gasteiger partial charge in [-0.1, -0.05) is 23.2 Å². The van der Waals surface area contributed by atoms with Crippen LogP contribution < -0.4 is 5.32 Å². The Morgan fingerprint density at radius 1 is 1.43 bits per heavy atom. The van der Waals surface area contributed by atoms with E-state index in [0.29, 0.717) is 23.7 Å². The van der Waals surface area contributed by atoms with E-state index in [0.717, 1.165) is 11.5 Å². The highest BCUT2D eigenvalue weighted by atomic mass is 35.5. The zero-order chi connectivity index (χ0) is 15.6. The summed E-state index contributed by atoms with van der Waals surface area (Å²) in [6.45, 7) is 2.85. The largest absolute Gasteiger partial charge is 0.316 e. The lowest BCUT2D eigenvalue weighted by Crippen LogP contribution is -2.44. The summed E-state index contributed by atoms with van der Waals surface area (Å²) in [6.07, 6.45) is 0. The van der Waals surface area contributed by atoms with Crippen LogP contribution in [0, 0.1) is 0 Å². The number of benzene rings is 1. The molecule has 1 aliphatic heterocycles. The van der Waals surface area contributed by atoms with Crippen molar-refractivity contribution in [2.45, 2.75) is 24.4 Å². The summed E-state index contributed by atoms with van der Waals surface area (Å²) >= 11 is 14.2. The number of hydrogen-bond acceptors (Lipinski definition) is 4. The first kappa shape index (κ1) is 17.4. The van der Waals surface area contributed by atoms with Gasteiger partial charge in [0.05, 0.1) is 5.02 Å². The average Bonchev–Trinajstić information content (AvgIpc) is 2.43. The van der Waals surface area contributed by atoms with Gasteiger partial charge in [-0.25, -0.2) is 8.42 Å². The fourth-order valence-electron chi connectivity index (χ4n) is 2.31. The molecule has 2 rings (SSSR count). The molecule has 0 bridgehead atoms. The Morgan fingerprint density at radius 3 is 2.76 bits per heavy atom. The molecule has 1 aliphatic rings. The van der Waals surface area contributed by atoms with Gasteiger partial charge in [0, 0.05) is 41.2 Å². The van der Waals surface area contributed by atoms with E-state index >= 15 is 0 Å². The Kier molecular flexibility index (Phi) is 5.84. The van der Waals surface area contributed by atoms with Crippen LogP contribution in [-0.4, -0.2) is 43.9 Å². The molecule has 1 fully saturated rings. The zero-order valence-electron chi connectivity index (χ0n) is 11.9. The maximum Gasteiger partial charge on any atom is 0.244 e. The van der Waals surface area contributed by atoms with Crippen molar-refractivity contribution in [2.75, 3.05) is 25.1 Å². The molecule has 1 unspecified atom stereocenters. The monoisotopic (exact) mass is 368 g/mol. The number of halogens is 2. The van der Waals surface area contributed by atoms with E-state index in [4.69, 9.17) is 23.2 Å². The quantitative estimate of drug-likeness (QED) is 0.887. The van der Waals surface area contributed by atoms with E-state index in [9.17, 15) is 8.42 Å². The zero-order valence-corrected chi connectivity index (χ0v) is 15.0. The molecule has 1 heterocycles. The third-order valence-corrected chi connectivity index (χ3v) is 7.54. The smallest absolute Gasteiger partial charge is 0.244 e. The lowest BCUT2D eigenvalue weighted by Gasteiger charge is -2.32. The molecule has 1 N–H and O–H groups in total. The Balaban J connectivity index is 2.47. The lowest BCUT2D eigenvalue weighted by atomic mass is 10.2. The number of thioether (sulfide) groups is 1. The van der Waals surface area contributed by atoms with Crippen molar-refractivity contribution in [2.24, 2.45) is 0 Å². The third kappa shape index (κ3) is 3.51. The maximum atomic E-state index is 12.9. The lowest BCUT2D eigenvalue weighted by molar-refractivity contribution is 0.367. The van der Waals surface area contributed by atoms with Gasteiger partial charge in [0.25, 0.3) is 0 Å². The van der Waals surface area contributed by atoms with Gasteiger partial charge in [-0.2, -0.15) is 16.1 Å². The molecule has 0 radical (unpaired) electrons. The Labute approximate surface area is 140 Å². The summed E-state index contributed by atoms with van der Waals surface area (Å²) in [5.41, 5.74) is 0.612. The highest BCUT2D eigenvalue weighted by Gasteiger charge is 2.33. The van der Waals surface area contributed by atoms with Crippen molar-refractivity contribution in [3.63, 3.8) is 0 Å². The topological polar surface area (TPSA) is 49.4 Å². The van der Waals surface area contributed by atoms with Gasteiger partial charge in [-0.3, -0.25) is 0 Å². The maximum absolute atomic E-state index is 12.9. The van der Waals surface area contributed by atoms with Crippen molar-refractivity contribution in [3.8, 4) is 0 Å². The van der Waals surface area contributed by atoms with Gasteiger partial charge in [-0.15, -0.1) is 0 Å². The van der Waals surface area contributed by atoms with Gasteiger partial charge in [0.1, 0.15) is 4.90 Å². The molecule has 4 nitrogen and oxygen atoms in total. The highest BCUT2D eigenvalue weighted by molar-refractivity contribution is 7.99. The molecule has 1 atom stereocenters. The minimum atomic E-state index is -3.60. The van der Waals surface area contributed by atoms with Crippen LogP contribution in [-0.2, 0) is 16.6 Å². The van der Waals surface area contributed by atoms with Crippen LogP contribution in [0.2, 0.25) is 10.0 Å². The average molecular weight is 369 g/mol. The van der Waals surface area contributed by atoms with Crippen molar-refractivity contribution in [3.05, 3.63) is 27.7 Å². The summed E-state index contributed by atoms with van der Waals surface area (Å²) in [5.74, 6) is 1.60. The second-order valence-electron chi connectivity index (χ2n) is 4.91. The molecule has 1 saturated heterocycles. The number of nitrogens with one attached hydrogen (secondary N) is 1. The Morgan fingerprint density at radius 2 is 2.14 bits per heavy atom. The minimum absolute atomic E-state index is 0.0340. The number of sulfonamides is 1. The van der Waals surface area contributed by atoms with Gasteiger partial charge in [-0.05, 0) is 26.1 Å². The van der Waals surface area contributed by atoms with E-state index in [1.54, 1.807) is 24.9 Å². The summed E-state index contributed by atoms with van der Waals surface area (Å²) in [7, 11) is -1.84. The van der Waals surface area contributed by atoms with Crippen LogP contribution >= 0.6 is 35.0 Å². The highest BCUT2D eigenvalue weighted by Crippen LogP contribution is 2.34. The molecule has 0 amide bonds. The van der Waals surface area contributed by atoms with E-state index in [-0.39, 0.29) is 16.0 Å². The van der Waals surface area contributed by atoms with Crippen LogP contribution in [0.25, 0.3) is 0 Å². The first-order valence-electron chi connectivity index (χ1n) is 6.60. The van der Waals surface area contributed by atoms with Gasteiger partial charge in [0.15, 0.2) is 0 Å². The van der Waals surface area contributed by atoms with Crippen molar-refractivity contribution in [1.82, 2.24) is 9.62 Å². The van der Waals surface area contributed by atoms with Gasteiger partial charge >= 0.3 is 0 Å². The number of rotatable bonds is 4. The summed E-state index contributed by atoms with van der Waals surface area (Å²) in [4.78, 5) is 0.137. The van der Waals surface area contributed by atoms with Crippen molar-refractivity contribution >= 4 is 45.0 Å². The molecule has 0 aromatic heterocycles. The fraction of sp³-hybridized carbons (Fsp3) is 0.538. The number of hydrogen-bond donors (Lipinski definition) is 1. The fourth-order valence-corrected chi connectivity index (χ4v) is 6.05. The van der Waals surface area contributed by atoms with Crippen LogP contribution in [0.15, 0.2) is 17.0 Å². The molecular weight excluding hydrogens is 351 g/mol. The Bertz CT molecular complexity index is 623. The predicted molar refractivity (Wildman–Crippen MR) is 89.9 cm³/mol. The van der Waals surface area contributed by atoms with Crippen molar-refractivity contribution < 1.29 is 8.42 Å². The molecule has 118 valence electrons. The first-order valence-corrected chi connectivity index (χ1v) is 9.95. The first-order chi connectivity index (χ1) is 9.89. The van der Waals surface area contributed by atoms with Crippen LogP contribution in [0.5, 0.6) is 0 Å². The standard InChI is InChI=1S/C13H18Cl2N2O2S2/c1-9-8-20-6-5-17(9)21(18,19)12-4-3-11(14)10(7-16-2)13(12)15/h3-4,9,16H,5-8H2,1-2H3. The SMILES string of the molecule is CNCc1c(Cl)ccc(S(=O)(=O)N2CCSCC2C)c1Cl. The van der Waals surface area contributed by atoms with E-state index in [1.807, 2.05) is 6.92 Å². The predicted octanol–water partition coefficient (Wildman–Crippen LogP) is 2.84. The van der Waals surface area contributed by atoms with Crippen molar-refractivity contribution in [1.29, 1.82) is 0 Å². The minimum Gasteiger partial charge on any atom is -0.316 e. The Hall–Kier alpha value is 0.0200. The van der Waals surface area contributed by atoms with Gasteiger partial charge < -0.3 is 5.32 Å². The molecule has 1 aromatic rings. The molecule has 21 heavy (non-hydrogen) atoms. The molecule has 0 spiro atoms. The second kappa shape index (κ2) is 7.06. The summed E-state index contributed by atoms with van der Waals surface area (Å²) in [6, 6.07) is 3.05. The van der Waals surface area contributed by atoms with E-state index < -0.39 is 10.0 Å². The van der Waals surface area contributed by atoms with Crippen LogP contribution in [0.3, 0.4) is 0 Å². The normalized spacial score (nSPS) is 20.7.